The van der Waals surface area contributed by atoms with E-state index in [0.717, 1.165) is 71.2 Å². The van der Waals surface area contributed by atoms with Crippen LogP contribution in [0.2, 0.25) is 5.02 Å². The Morgan fingerprint density at radius 1 is 1.26 bits per heavy atom. The molecule has 31 heavy (non-hydrogen) atoms. The lowest BCUT2D eigenvalue weighted by Crippen LogP contribution is -2.33. The van der Waals surface area contributed by atoms with Crippen molar-refractivity contribution in [3.05, 3.63) is 52.6 Å². The highest BCUT2D eigenvalue weighted by Crippen LogP contribution is 2.34. The van der Waals surface area contributed by atoms with E-state index in [1.165, 1.54) is 0 Å². The molecule has 1 fully saturated rings. The van der Waals surface area contributed by atoms with Crippen molar-refractivity contribution in [2.75, 3.05) is 24.6 Å². The third-order valence-electron chi connectivity index (χ3n) is 5.71. The quantitative estimate of drug-likeness (QED) is 0.533. The Morgan fingerprint density at radius 3 is 2.77 bits per heavy atom. The fraction of sp³-hybridized carbons (Fsp3) is 0.435. The molecule has 0 spiro atoms. The fourth-order valence-electron chi connectivity index (χ4n) is 4.18. The monoisotopic (exact) mass is 458 g/mol. The van der Waals surface area contributed by atoms with E-state index in [1.54, 1.807) is 6.20 Å². The molecule has 0 aromatic carbocycles. The van der Waals surface area contributed by atoms with Crippen molar-refractivity contribution in [2.45, 2.75) is 39.2 Å². The summed E-state index contributed by atoms with van der Waals surface area (Å²) in [5.41, 5.74) is 6.31. The van der Waals surface area contributed by atoms with Gasteiger partial charge in [0.25, 0.3) is 0 Å². The second-order valence-corrected chi connectivity index (χ2v) is 9.46. The standard InChI is InChI=1S/C23H27ClN4O2S/c1-2-18-6-7-21-23(16-12-17(24)14-25-13-16)19(4-3-5-22(29)30)20(26-28(18)21)15-27-8-10-31-11-9-27/h6-7,12-14H,2-5,8-11,15H2,1H3,(H,29,30). The summed E-state index contributed by atoms with van der Waals surface area (Å²) < 4.78 is 2.05. The number of thioether (sulfide) groups is 1. The summed E-state index contributed by atoms with van der Waals surface area (Å²) in [6.45, 7) is 4.98. The summed E-state index contributed by atoms with van der Waals surface area (Å²) in [7, 11) is 0. The number of rotatable bonds is 8. The van der Waals surface area contributed by atoms with Gasteiger partial charge in [0.05, 0.1) is 16.2 Å². The smallest absolute Gasteiger partial charge is 0.303 e. The molecular weight excluding hydrogens is 432 g/mol. The number of hydrogen-bond acceptors (Lipinski definition) is 5. The number of pyridine rings is 1. The van der Waals surface area contributed by atoms with Crippen LogP contribution in [0.4, 0.5) is 0 Å². The second kappa shape index (κ2) is 10.0. The molecule has 0 bridgehead atoms. The molecule has 0 amide bonds. The van der Waals surface area contributed by atoms with Gasteiger partial charge in [-0.15, -0.1) is 0 Å². The van der Waals surface area contributed by atoms with Gasteiger partial charge in [0, 0.05) is 66.8 Å². The number of halogens is 1. The summed E-state index contributed by atoms with van der Waals surface area (Å²) in [6.07, 6.45) is 5.71. The molecule has 6 nitrogen and oxygen atoms in total. The maximum atomic E-state index is 11.2. The minimum atomic E-state index is -0.773. The number of fused-ring (bicyclic) bond motifs is 1. The SMILES string of the molecule is CCc1ccc2c(-c3cncc(Cl)c3)c(CCCC(=O)O)c(CN3CCSCC3)nn12. The zero-order valence-corrected chi connectivity index (χ0v) is 19.3. The van der Waals surface area contributed by atoms with Crippen molar-refractivity contribution in [3.63, 3.8) is 0 Å². The number of hydrogen-bond donors (Lipinski definition) is 1. The molecule has 0 aliphatic carbocycles. The Kier molecular flexibility index (Phi) is 7.15. The van der Waals surface area contributed by atoms with Crippen LogP contribution >= 0.6 is 23.4 Å². The first-order valence-electron chi connectivity index (χ1n) is 10.7. The van der Waals surface area contributed by atoms with Crippen molar-refractivity contribution < 1.29 is 9.90 Å². The van der Waals surface area contributed by atoms with Crippen molar-refractivity contribution in [2.24, 2.45) is 0 Å². The van der Waals surface area contributed by atoms with Gasteiger partial charge in [-0.1, -0.05) is 18.5 Å². The Bertz CT molecular complexity index is 1080. The molecule has 3 aromatic heterocycles. The van der Waals surface area contributed by atoms with Crippen LogP contribution < -0.4 is 0 Å². The van der Waals surface area contributed by atoms with E-state index in [0.29, 0.717) is 17.9 Å². The van der Waals surface area contributed by atoms with E-state index in [1.807, 2.05) is 28.5 Å². The zero-order valence-electron chi connectivity index (χ0n) is 17.7. The molecule has 0 radical (unpaired) electrons. The van der Waals surface area contributed by atoms with Crippen molar-refractivity contribution in [1.82, 2.24) is 19.5 Å². The summed E-state index contributed by atoms with van der Waals surface area (Å²) in [4.78, 5) is 18.0. The van der Waals surface area contributed by atoms with E-state index < -0.39 is 5.97 Å². The van der Waals surface area contributed by atoms with Gasteiger partial charge in [-0.3, -0.25) is 14.7 Å². The second-order valence-electron chi connectivity index (χ2n) is 7.80. The molecule has 0 unspecified atom stereocenters. The average molecular weight is 459 g/mol. The van der Waals surface area contributed by atoms with Gasteiger partial charge in [0.1, 0.15) is 0 Å². The molecule has 1 N–H and O–H groups in total. The predicted octanol–water partition coefficient (Wildman–Crippen LogP) is 4.57. The zero-order chi connectivity index (χ0) is 21.8. The van der Waals surface area contributed by atoms with Gasteiger partial charge < -0.3 is 5.11 Å². The number of aromatic nitrogens is 3. The van der Waals surface area contributed by atoms with Crippen molar-refractivity contribution >= 4 is 34.8 Å². The number of carboxylic acids is 1. The van der Waals surface area contributed by atoms with Crippen LogP contribution in [0.1, 0.15) is 36.7 Å². The van der Waals surface area contributed by atoms with Gasteiger partial charge in [0.2, 0.25) is 0 Å². The number of nitrogens with zero attached hydrogens (tertiary/aromatic N) is 4. The van der Waals surface area contributed by atoms with Crippen molar-refractivity contribution in [3.8, 4) is 11.1 Å². The highest BCUT2D eigenvalue weighted by Gasteiger charge is 2.21. The number of carbonyl (C=O) groups is 1. The molecule has 4 rings (SSSR count). The number of carboxylic acid groups (broad SMARTS) is 1. The van der Waals surface area contributed by atoms with Gasteiger partial charge in [0.15, 0.2) is 0 Å². The Morgan fingerprint density at radius 2 is 2.06 bits per heavy atom. The van der Waals surface area contributed by atoms with Crippen LogP contribution in [0.5, 0.6) is 0 Å². The summed E-state index contributed by atoms with van der Waals surface area (Å²) in [5, 5.41) is 14.9. The largest absolute Gasteiger partial charge is 0.481 e. The highest BCUT2D eigenvalue weighted by molar-refractivity contribution is 7.99. The number of aryl methyl sites for hydroxylation is 1. The first kappa shape index (κ1) is 22.1. The third-order valence-corrected chi connectivity index (χ3v) is 6.86. The van der Waals surface area contributed by atoms with E-state index in [9.17, 15) is 9.90 Å². The highest BCUT2D eigenvalue weighted by atomic mass is 35.5. The van der Waals surface area contributed by atoms with Crippen LogP contribution in [-0.2, 0) is 24.2 Å². The fourth-order valence-corrected chi connectivity index (χ4v) is 5.33. The van der Waals surface area contributed by atoms with Gasteiger partial charge in [-0.2, -0.15) is 16.9 Å². The Labute approximate surface area is 191 Å². The number of aliphatic carboxylic acids is 1. The molecule has 164 valence electrons. The molecule has 0 atom stereocenters. The van der Waals surface area contributed by atoms with Gasteiger partial charge >= 0.3 is 5.97 Å². The van der Waals surface area contributed by atoms with Crippen LogP contribution in [0.3, 0.4) is 0 Å². The van der Waals surface area contributed by atoms with Crippen LogP contribution in [-0.4, -0.2) is 55.2 Å². The van der Waals surface area contributed by atoms with Crippen LogP contribution in [0.15, 0.2) is 30.6 Å². The Balaban J connectivity index is 1.88. The minimum absolute atomic E-state index is 0.138. The van der Waals surface area contributed by atoms with E-state index >= 15 is 0 Å². The lowest BCUT2D eigenvalue weighted by molar-refractivity contribution is -0.137. The Hall–Kier alpha value is -2.09. The van der Waals surface area contributed by atoms with Crippen molar-refractivity contribution in [1.29, 1.82) is 0 Å². The molecule has 1 aliphatic heterocycles. The van der Waals surface area contributed by atoms with Gasteiger partial charge in [-0.25, -0.2) is 4.52 Å². The molecule has 4 heterocycles. The molecule has 8 heteroatoms. The van der Waals surface area contributed by atoms with E-state index in [-0.39, 0.29) is 6.42 Å². The predicted molar refractivity (Wildman–Crippen MR) is 126 cm³/mol. The third kappa shape index (κ3) is 5.05. The summed E-state index contributed by atoms with van der Waals surface area (Å²) in [5.74, 6) is 1.49. The van der Waals surface area contributed by atoms with Crippen LogP contribution in [0.25, 0.3) is 16.6 Å². The summed E-state index contributed by atoms with van der Waals surface area (Å²) in [6, 6.07) is 6.15. The topological polar surface area (TPSA) is 70.7 Å². The minimum Gasteiger partial charge on any atom is -0.481 e. The first-order valence-corrected chi connectivity index (χ1v) is 12.2. The first-order chi connectivity index (χ1) is 15.1. The van der Waals surface area contributed by atoms with E-state index in [2.05, 4.69) is 28.9 Å². The maximum Gasteiger partial charge on any atom is 0.303 e. The lowest BCUT2D eigenvalue weighted by atomic mass is 9.95. The molecule has 0 saturated carbocycles. The summed E-state index contributed by atoms with van der Waals surface area (Å²) >= 11 is 8.29. The molecular formula is C23H27ClN4O2S. The van der Waals surface area contributed by atoms with Crippen LogP contribution in [0, 0.1) is 0 Å². The molecule has 1 aliphatic rings. The van der Waals surface area contributed by atoms with E-state index in [4.69, 9.17) is 16.7 Å². The van der Waals surface area contributed by atoms with Gasteiger partial charge in [-0.05, 0) is 43.0 Å². The molecule has 3 aromatic rings. The maximum absolute atomic E-state index is 11.2. The normalized spacial score (nSPS) is 14.9. The molecule has 1 saturated heterocycles. The average Bonchev–Trinajstić information content (AvgIpc) is 3.16. The lowest BCUT2D eigenvalue weighted by Gasteiger charge is -2.27.